The van der Waals surface area contributed by atoms with Crippen LogP contribution in [-0.4, -0.2) is 36.7 Å². The minimum absolute atomic E-state index is 0.723. The molecule has 1 fully saturated rings. The Hall–Kier alpha value is -0.240. The van der Waals surface area contributed by atoms with E-state index >= 15 is 0 Å². The van der Waals surface area contributed by atoms with Crippen LogP contribution < -0.4 is 0 Å². The van der Waals surface area contributed by atoms with Crippen molar-refractivity contribution in [2.75, 3.05) is 26.7 Å². The number of thiocarbonyl (C=S) groups is 1. The third-order valence-electron chi connectivity index (χ3n) is 1.90. The maximum Gasteiger partial charge on any atom is 0.0585 e. The first kappa shape index (κ1) is 7.86. The number of likely N-dealkylation sites (tertiary alicyclic amines) is 1. The summed E-state index contributed by atoms with van der Waals surface area (Å²) in [7, 11) is 2.14. The van der Waals surface area contributed by atoms with Crippen LogP contribution in [0.1, 0.15) is 6.42 Å². The zero-order valence-electron chi connectivity index (χ0n) is 6.21. The van der Waals surface area contributed by atoms with E-state index in [0.29, 0.717) is 0 Å². The number of isothiocyanates is 1. The van der Waals surface area contributed by atoms with E-state index in [2.05, 4.69) is 34.3 Å². The zero-order valence-corrected chi connectivity index (χ0v) is 7.02. The van der Waals surface area contributed by atoms with Gasteiger partial charge in [-0.25, -0.2) is 4.99 Å². The van der Waals surface area contributed by atoms with Crippen LogP contribution in [0.5, 0.6) is 0 Å². The predicted octanol–water partition coefficient (Wildman–Crippen LogP) is 1.04. The van der Waals surface area contributed by atoms with Gasteiger partial charge >= 0.3 is 0 Å². The van der Waals surface area contributed by atoms with E-state index in [1.807, 2.05) is 0 Å². The Morgan fingerprint density at radius 1 is 1.80 bits per heavy atom. The van der Waals surface area contributed by atoms with Gasteiger partial charge in [0.2, 0.25) is 0 Å². The number of hydrogen-bond donors (Lipinski definition) is 0. The monoisotopic (exact) mass is 156 g/mol. The van der Waals surface area contributed by atoms with Crippen LogP contribution in [0.3, 0.4) is 0 Å². The Balaban J connectivity index is 2.24. The molecule has 0 saturated carbocycles. The number of aliphatic imine (C=N–C) groups is 1. The van der Waals surface area contributed by atoms with Crippen molar-refractivity contribution in [3.63, 3.8) is 0 Å². The van der Waals surface area contributed by atoms with Crippen LogP contribution in [0.25, 0.3) is 0 Å². The summed E-state index contributed by atoms with van der Waals surface area (Å²) < 4.78 is 0. The Morgan fingerprint density at radius 3 is 3.10 bits per heavy atom. The smallest absolute Gasteiger partial charge is 0.0585 e. The molecule has 56 valence electrons. The van der Waals surface area contributed by atoms with Crippen molar-refractivity contribution < 1.29 is 0 Å². The van der Waals surface area contributed by atoms with Crippen LogP contribution in [0.4, 0.5) is 0 Å². The molecule has 10 heavy (non-hydrogen) atoms. The first-order valence-electron chi connectivity index (χ1n) is 3.55. The molecule has 0 aromatic rings. The Morgan fingerprint density at radius 2 is 2.60 bits per heavy atom. The van der Waals surface area contributed by atoms with Crippen LogP contribution in [0.15, 0.2) is 4.99 Å². The van der Waals surface area contributed by atoms with Crippen LogP contribution in [0, 0.1) is 5.92 Å². The summed E-state index contributed by atoms with van der Waals surface area (Å²) in [5, 5.41) is 2.40. The van der Waals surface area contributed by atoms with E-state index in [9.17, 15) is 0 Å². The van der Waals surface area contributed by atoms with E-state index in [0.717, 1.165) is 12.5 Å². The van der Waals surface area contributed by atoms with Gasteiger partial charge < -0.3 is 4.90 Å². The Kier molecular flexibility index (Phi) is 3.00. The highest BCUT2D eigenvalue weighted by Crippen LogP contribution is 2.13. The summed E-state index contributed by atoms with van der Waals surface area (Å²) in [4.78, 5) is 6.25. The minimum Gasteiger partial charge on any atom is -0.306 e. The maximum atomic E-state index is 4.49. The Bertz CT molecular complexity index is 152. The minimum atomic E-state index is 0.723. The van der Waals surface area contributed by atoms with E-state index < -0.39 is 0 Å². The number of rotatable bonds is 2. The van der Waals surface area contributed by atoms with Crippen molar-refractivity contribution in [3.05, 3.63) is 0 Å². The average molecular weight is 156 g/mol. The van der Waals surface area contributed by atoms with Crippen molar-refractivity contribution in [2.24, 2.45) is 10.9 Å². The lowest BCUT2D eigenvalue weighted by molar-refractivity contribution is 0.397. The molecule has 1 rings (SSSR count). The van der Waals surface area contributed by atoms with Gasteiger partial charge in [-0.2, -0.15) is 0 Å². The molecule has 0 bridgehead atoms. The van der Waals surface area contributed by atoms with E-state index in [1.54, 1.807) is 0 Å². The van der Waals surface area contributed by atoms with Gasteiger partial charge in [0.05, 0.1) is 11.7 Å². The molecule has 2 nitrogen and oxygen atoms in total. The molecule has 0 unspecified atom stereocenters. The topological polar surface area (TPSA) is 15.6 Å². The second-order valence-corrected chi connectivity index (χ2v) is 3.03. The molecule has 0 aromatic heterocycles. The maximum absolute atomic E-state index is 4.49. The molecule has 1 atom stereocenters. The van der Waals surface area contributed by atoms with E-state index in [4.69, 9.17) is 0 Å². The summed E-state index contributed by atoms with van der Waals surface area (Å²) in [6, 6.07) is 0. The van der Waals surface area contributed by atoms with Crippen molar-refractivity contribution in [1.29, 1.82) is 0 Å². The van der Waals surface area contributed by atoms with Gasteiger partial charge in [-0.1, -0.05) is 0 Å². The molecule has 1 heterocycles. The molecule has 1 aliphatic heterocycles. The summed E-state index contributed by atoms with van der Waals surface area (Å²) in [5.74, 6) is 0.723. The summed E-state index contributed by atoms with van der Waals surface area (Å²) in [6.07, 6.45) is 1.26. The summed E-state index contributed by atoms with van der Waals surface area (Å²) >= 11 is 4.49. The third kappa shape index (κ3) is 2.18. The highest BCUT2D eigenvalue weighted by Gasteiger charge is 2.18. The Labute approximate surface area is 66.9 Å². The first-order chi connectivity index (χ1) is 4.83. The molecule has 3 heteroatoms. The molecule has 0 aliphatic carbocycles. The molecular formula is C7H12N2S. The lowest BCUT2D eigenvalue weighted by Gasteiger charge is -2.05. The fourth-order valence-electron chi connectivity index (χ4n) is 1.34. The van der Waals surface area contributed by atoms with Gasteiger partial charge in [-0.3, -0.25) is 0 Å². The predicted molar refractivity (Wildman–Crippen MR) is 45.5 cm³/mol. The van der Waals surface area contributed by atoms with Crippen molar-refractivity contribution in [2.45, 2.75) is 6.42 Å². The van der Waals surface area contributed by atoms with Gasteiger partial charge in [-0.15, -0.1) is 0 Å². The van der Waals surface area contributed by atoms with Gasteiger partial charge in [0.25, 0.3) is 0 Å². The van der Waals surface area contributed by atoms with Crippen LogP contribution in [0.2, 0.25) is 0 Å². The second-order valence-electron chi connectivity index (χ2n) is 2.85. The van der Waals surface area contributed by atoms with Crippen LogP contribution in [-0.2, 0) is 0 Å². The van der Waals surface area contributed by atoms with Gasteiger partial charge in [0.1, 0.15) is 0 Å². The molecule has 0 N–H and O–H groups in total. The lowest BCUT2D eigenvalue weighted by atomic mass is 10.1. The second kappa shape index (κ2) is 3.81. The first-order valence-corrected chi connectivity index (χ1v) is 3.96. The number of nitrogens with zero attached hydrogens (tertiary/aromatic N) is 2. The quantitative estimate of drug-likeness (QED) is 0.438. The zero-order chi connectivity index (χ0) is 7.40. The van der Waals surface area contributed by atoms with Crippen molar-refractivity contribution in [3.8, 4) is 0 Å². The van der Waals surface area contributed by atoms with Gasteiger partial charge in [-0.05, 0) is 38.1 Å². The molecule has 1 saturated heterocycles. The third-order valence-corrected chi connectivity index (χ3v) is 2.03. The summed E-state index contributed by atoms with van der Waals surface area (Å²) in [5.41, 5.74) is 0. The molecule has 1 aliphatic rings. The van der Waals surface area contributed by atoms with Crippen LogP contribution >= 0.6 is 12.2 Å². The molecule has 0 spiro atoms. The van der Waals surface area contributed by atoms with Crippen molar-refractivity contribution in [1.82, 2.24) is 4.90 Å². The average Bonchev–Trinajstić information content (AvgIpc) is 2.31. The standard InChI is InChI=1S/C7H12N2S/c1-9-3-2-7(5-9)4-8-6-10/h7H,2-5H2,1H3/t7-/m1/s1. The highest BCUT2D eigenvalue weighted by atomic mass is 32.1. The fraction of sp³-hybridized carbons (Fsp3) is 0.857. The van der Waals surface area contributed by atoms with Gasteiger partial charge in [0, 0.05) is 6.54 Å². The van der Waals surface area contributed by atoms with Crippen molar-refractivity contribution >= 4 is 17.4 Å². The van der Waals surface area contributed by atoms with E-state index in [1.165, 1.54) is 19.5 Å². The molecule has 0 amide bonds. The summed E-state index contributed by atoms with van der Waals surface area (Å²) in [6.45, 7) is 3.24. The van der Waals surface area contributed by atoms with Gasteiger partial charge in [0.15, 0.2) is 0 Å². The molecular weight excluding hydrogens is 144 g/mol. The highest BCUT2D eigenvalue weighted by molar-refractivity contribution is 7.78. The number of hydrogen-bond acceptors (Lipinski definition) is 3. The normalized spacial score (nSPS) is 26.3. The molecule has 0 radical (unpaired) electrons. The molecule has 0 aromatic carbocycles. The SMILES string of the molecule is CN1CC[C@H](CN=C=S)C1. The fourth-order valence-corrected chi connectivity index (χ4v) is 1.42. The lowest BCUT2D eigenvalue weighted by Crippen LogP contribution is -2.14. The largest absolute Gasteiger partial charge is 0.306 e. The van der Waals surface area contributed by atoms with E-state index in [-0.39, 0.29) is 0 Å².